The topological polar surface area (TPSA) is 56.0 Å². The third-order valence-corrected chi connectivity index (χ3v) is 1.54. The molecular weight excluding hydrogens is 236 g/mol. The van der Waals surface area contributed by atoms with E-state index in [9.17, 15) is 10.1 Å². The highest BCUT2D eigenvalue weighted by molar-refractivity contribution is 9.09. The average molecular weight is 241 g/mol. The van der Waals surface area contributed by atoms with Crippen LogP contribution in [0.5, 0.6) is 0 Å². The molecule has 1 aromatic rings. The molecule has 0 aliphatic heterocycles. The van der Waals surface area contributed by atoms with Crippen LogP contribution in [0, 0.1) is 22.0 Å². The van der Waals surface area contributed by atoms with Gasteiger partial charge in [0.05, 0.1) is 10.3 Å². The largest absolute Gasteiger partial charge is 0.303 e. The van der Waals surface area contributed by atoms with Crippen molar-refractivity contribution in [2.45, 2.75) is 0 Å². The minimum absolute atomic E-state index is 0.0593. The molecule has 0 aromatic carbocycles. The number of hydrogen-bond acceptors (Lipinski definition) is 3. The van der Waals surface area contributed by atoms with Gasteiger partial charge in [-0.2, -0.15) is 0 Å². The molecule has 5 heteroatoms. The van der Waals surface area contributed by atoms with Gasteiger partial charge in [0.2, 0.25) is 0 Å². The molecule has 0 atom stereocenters. The number of aromatic nitrogens is 1. The first-order valence-corrected chi connectivity index (χ1v) is 4.52. The Hall–Kier alpha value is -1.41. The zero-order chi connectivity index (χ0) is 9.68. The van der Waals surface area contributed by atoms with Crippen molar-refractivity contribution in [2.75, 3.05) is 5.33 Å². The molecule has 0 fully saturated rings. The normalized spacial score (nSPS) is 8.69. The number of hydrogen-bond donors (Lipinski definition) is 0. The lowest BCUT2D eigenvalue weighted by molar-refractivity contribution is -0.385. The van der Waals surface area contributed by atoms with Crippen LogP contribution in [0.15, 0.2) is 18.3 Å². The Labute approximate surface area is 83.3 Å². The van der Waals surface area contributed by atoms with Crippen molar-refractivity contribution in [3.8, 4) is 11.8 Å². The van der Waals surface area contributed by atoms with Gasteiger partial charge in [0, 0.05) is 12.3 Å². The summed E-state index contributed by atoms with van der Waals surface area (Å²) in [5.74, 6) is 5.25. The Morgan fingerprint density at radius 1 is 1.69 bits per heavy atom. The Balaban J connectivity index is 3.12. The van der Waals surface area contributed by atoms with Crippen molar-refractivity contribution in [1.29, 1.82) is 0 Å². The van der Waals surface area contributed by atoms with Gasteiger partial charge in [-0.1, -0.05) is 21.9 Å². The number of pyridine rings is 1. The first kappa shape index (κ1) is 9.68. The number of nitro groups is 1. The van der Waals surface area contributed by atoms with E-state index in [1.165, 1.54) is 18.3 Å². The number of halogens is 1. The minimum Gasteiger partial charge on any atom is -0.258 e. The standard InChI is InChI=1S/C8H5BrN2O2/c9-5-1-3-7-8(11(12)13)4-2-6-10-7/h2,4,6H,5H2. The van der Waals surface area contributed by atoms with Crippen LogP contribution in [0.3, 0.4) is 0 Å². The van der Waals surface area contributed by atoms with Crippen molar-refractivity contribution >= 4 is 21.6 Å². The molecule has 0 aliphatic rings. The fourth-order valence-electron chi connectivity index (χ4n) is 0.758. The van der Waals surface area contributed by atoms with Gasteiger partial charge in [-0.05, 0) is 12.0 Å². The smallest absolute Gasteiger partial charge is 0.258 e. The lowest BCUT2D eigenvalue weighted by Crippen LogP contribution is -1.93. The van der Waals surface area contributed by atoms with Crippen LogP contribution in [-0.2, 0) is 0 Å². The summed E-state index contributed by atoms with van der Waals surface area (Å²) in [4.78, 5) is 13.8. The second kappa shape index (κ2) is 4.58. The molecule has 0 amide bonds. The fraction of sp³-hybridized carbons (Fsp3) is 0.125. The molecule has 1 aromatic heterocycles. The quantitative estimate of drug-likeness (QED) is 0.325. The number of nitrogens with zero attached hydrogens (tertiary/aromatic N) is 2. The molecule has 4 nitrogen and oxygen atoms in total. The predicted molar refractivity (Wildman–Crippen MR) is 51.6 cm³/mol. The minimum atomic E-state index is -0.495. The molecule has 66 valence electrons. The number of alkyl halides is 1. The van der Waals surface area contributed by atoms with Crippen molar-refractivity contribution in [1.82, 2.24) is 4.98 Å². The van der Waals surface area contributed by atoms with Crippen LogP contribution in [0.4, 0.5) is 5.69 Å². The van der Waals surface area contributed by atoms with E-state index in [1.807, 2.05) is 0 Å². The van der Waals surface area contributed by atoms with Gasteiger partial charge >= 0.3 is 5.69 Å². The first-order chi connectivity index (χ1) is 6.25. The molecule has 0 bridgehead atoms. The van der Waals surface area contributed by atoms with E-state index < -0.39 is 4.92 Å². The highest BCUT2D eigenvalue weighted by Crippen LogP contribution is 2.13. The van der Waals surface area contributed by atoms with E-state index in [4.69, 9.17) is 0 Å². The molecule has 1 rings (SSSR count). The van der Waals surface area contributed by atoms with Gasteiger partial charge < -0.3 is 0 Å². The summed E-state index contributed by atoms with van der Waals surface area (Å²) in [6.07, 6.45) is 1.48. The lowest BCUT2D eigenvalue weighted by atomic mass is 10.3. The van der Waals surface area contributed by atoms with Crippen LogP contribution < -0.4 is 0 Å². The van der Waals surface area contributed by atoms with Gasteiger partial charge in [0.15, 0.2) is 5.69 Å². The predicted octanol–water partition coefficient (Wildman–Crippen LogP) is 1.74. The van der Waals surface area contributed by atoms with Crippen molar-refractivity contribution in [3.05, 3.63) is 34.1 Å². The summed E-state index contributed by atoms with van der Waals surface area (Å²) >= 11 is 3.10. The molecule has 0 saturated heterocycles. The van der Waals surface area contributed by atoms with E-state index in [1.54, 1.807) is 0 Å². The van der Waals surface area contributed by atoms with Crippen molar-refractivity contribution in [2.24, 2.45) is 0 Å². The molecule has 0 unspecified atom stereocenters. The zero-order valence-corrected chi connectivity index (χ0v) is 8.11. The van der Waals surface area contributed by atoms with E-state index in [2.05, 4.69) is 32.8 Å². The average Bonchev–Trinajstić information content (AvgIpc) is 2.15. The number of rotatable bonds is 1. The molecule has 0 spiro atoms. The van der Waals surface area contributed by atoms with E-state index in [0.717, 1.165) is 0 Å². The maximum Gasteiger partial charge on any atom is 0.303 e. The molecular formula is C8H5BrN2O2. The Morgan fingerprint density at radius 3 is 3.08 bits per heavy atom. The maximum absolute atomic E-state index is 10.5. The second-order valence-electron chi connectivity index (χ2n) is 2.06. The highest BCUT2D eigenvalue weighted by Gasteiger charge is 2.10. The van der Waals surface area contributed by atoms with Crippen molar-refractivity contribution in [3.63, 3.8) is 0 Å². The van der Waals surface area contributed by atoms with Gasteiger partial charge in [0.25, 0.3) is 0 Å². The van der Waals surface area contributed by atoms with E-state index >= 15 is 0 Å². The van der Waals surface area contributed by atoms with Gasteiger partial charge in [-0.25, -0.2) is 4.98 Å². The SMILES string of the molecule is O=[N+]([O-])c1cccnc1C#CCBr. The zero-order valence-electron chi connectivity index (χ0n) is 6.53. The monoisotopic (exact) mass is 240 g/mol. The summed E-state index contributed by atoms with van der Waals surface area (Å²) in [6.45, 7) is 0. The molecule has 0 saturated carbocycles. The molecule has 0 N–H and O–H groups in total. The first-order valence-electron chi connectivity index (χ1n) is 3.40. The van der Waals surface area contributed by atoms with Crippen LogP contribution in [0.1, 0.15) is 5.69 Å². The molecule has 13 heavy (non-hydrogen) atoms. The molecule has 1 heterocycles. The summed E-state index contributed by atoms with van der Waals surface area (Å²) < 4.78 is 0. The van der Waals surface area contributed by atoms with Crippen molar-refractivity contribution < 1.29 is 4.92 Å². The molecule has 0 radical (unpaired) electrons. The Kier molecular flexibility index (Phi) is 3.41. The van der Waals surface area contributed by atoms with Gasteiger partial charge in [-0.3, -0.25) is 10.1 Å². The van der Waals surface area contributed by atoms with Gasteiger partial charge in [-0.15, -0.1) is 0 Å². The van der Waals surface area contributed by atoms with E-state index in [0.29, 0.717) is 5.33 Å². The maximum atomic E-state index is 10.5. The third kappa shape index (κ3) is 2.53. The Morgan fingerprint density at radius 2 is 2.46 bits per heavy atom. The van der Waals surface area contributed by atoms with E-state index in [-0.39, 0.29) is 11.4 Å². The van der Waals surface area contributed by atoms with Crippen LogP contribution in [0.25, 0.3) is 0 Å². The Bertz CT molecular complexity index is 381. The summed E-state index contributed by atoms with van der Waals surface area (Å²) in [7, 11) is 0. The summed E-state index contributed by atoms with van der Waals surface area (Å²) in [6, 6.07) is 2.89. The van der Waals surface area contributed by atoms with Crippen LogP contribution in [-0.4, -0.2) is 15.2 Å². The fourth-order valence-corrected chi connectivity index (χ4v) is 0.898. The second-order valence-corrected chi connectivity index (χ2v) is 2.62. The molecule has 0 aliphatic carbocycles. The lowest BCUT2D eigenvalue weighted by Gasteiger charge is -1.91. The van der Waals surface area contributed by atoms with Gasteiger partial charge in [0.1, 0.15) is 0 Å². The van der Waals surface area contributed by atoms with Crippen LogP contribution in [0.2, 0.25) is 0 Å². The summed E-state index contributed by atoms with van der Waals surface area (Å²) in [5.41, 5.74) is 0.142. The highest BCUT2D eigenvalue weighted by atomic mass is 79.9. The third-order valence-electron chi connectivity index (χ3n) is 1.26. The van der Waals surface area contributed by atoms with Crippen LogP contribution >= 0.6 is 15.9 Å². The summed E-state index contributed by atoms with van der Waals surface area (Å²) in [5, 5.41) is 10.9.